The molecular formula is C12H17FN2. The predicted octanol–water partition coefficient (Wildman–Crippen LogP) is 2.06. The molecule has 0 spiro atoms. The molecule has 0 saturated carbocycles. The quantitative estimate of drug-likeness (QED) is 0.765. The lowest BCUT2D eigenvalue weighted by atomic mass is 10.0. The lowest BCUT2D eigenvalue weighted by molar-refractivity contribution is 0.493. The van der Waals surface area contributed by atoms with Crippen molar-refractivity contribution in [2.45, 2.75) is 25.8 Å². The maximum absolute atomic E-state index is 13.7. The van der Waals surface area contributed by atoms with Crippen LogP contribution >= 0.6 is 0 Å². The summed E-state index contributed by atoms with van der Waals surface area (Å²) in [4.78, 5) is 2.11. The van der Waals surface area contributed by atoms with Crippen LogP contribution in [0.4, 0.5) is 10.1 Å². The van der Waals surface area contributed by atoms with Crippen molar-refractivity contribution in [3.05, 3.63) is 29.6 Å². The van der Waals surface area contributed by atoms with Crippen LogP contribution in [-0.2, 0) is 0 Å². The summed E-state index contributed by atoms with van der Waals surface area (Å²) in [6, 6.07) is 5.52. The van der Waals surface area contributed by atoms with Crippen LogP contribution in [0.1, 0.15) is 18.4 Å². The van der Waals surface area contributed by atoms with E-state index in [-0.39, 0.29) is 11.9 Å². The van der Waals surface area contributed by atoms with Crippen LogP contribution in [0.2, 0.25) is 0 Å². The lowest BCUT2D eigenvalue weighted by Gasteiger charge is -2.33. The van der Waals surface area contributed by atoms with Crippen LogP contribution in [0.3, 0.4) is 0 Å². The zero-order chi connectivity index (χ0) is 10.8. The van der Waals surface area contributed by atoms with Gasteiger partial charge in [0.25, 0.3) is 0 Å². The summed E-state index contributed by atoms with van der Waals surface area (Å²) in [5.41, 5.74) is 7.59. The molecule has 1 aliphatic heterocycles. The van der Waals surface area contributed by atoms with Gasteiger partial charge in [0.1, 0.15) is 5.82 Å². The second-order valence-electron chi connectivity index (χ2n) is 4.23. The van der Waals surface area contributed by atoms with Gasteiger partial charge in [0.05, 0.1) is 5.69 Å². The van der Waals surface area contributed by atoms with Gasteiger partial charge in [0.2, 0.25) is 0 Å². The number of piperidine rings is 1. The smallest absolute Gasteiger partial charge is 0.146 e. The monoisotopic (exact) mass is 208 g/mol. The number of halogens is 1. The zero-order valence-corrected chi connectivity index (χ0v) is 9.04. The molecule has 0 unspecified atom stereocenters. The highest BCUT2D eigenvalue weighted by atomic mass is 19.1. The third kappa shape index (κ3) is 2.12. The molecule has 1 aliphatic rings. The summed E-state index contributed by atoms with van der Waals surface area (Å²) < 4.78 is 13.7. The topological polar surface area (TPSA) is 29.3 Å². The molecule has 0 amide bonds. The molecule has 1 saturated heterocycles. The fraction of sp³-hybridized carbons (Fsp3) is 0.500. The Morgan fingerprint density at radius 2 is 2.00 bits per heavy atom. The van der Waals surface area contributed by atoms with Crippen molar-refractivity contribution in [3.8, 4) is 0 Å². The van der Waals surface area contributed by atoms with Gasteiger partial charge < -0.3 is 10.6 Å². The molecule has 0 bridgehead atoms. The molecule has 0 radical (unpaired) electrons. The van der Waals surface area contributed by atoms with Crippen molar-refractivity contribution in [3.63, 3.8) is 0 Å². The van der Waals surface area contributed by atoms with Crippen LogP contribution in [-0.4, -0.2) is 19.1 Å². The van der Waals surface area contributed by atoms with E-state index < -0.39 is 0 Å². The standard InChI is InChI=1S/C12H17FN2/c1-9-3-2-4-11(13)12(9)15-7-5-10(14)6-8-15/h2-4,10H,5-8,14H2,1H3. The first-order valence-corrected chi connectivity index (χ1v) is 5.44. The van der Waals surface area contributed by atoms with E-state index in [1.807, 2.05) is 13.0 Å². The average molecular weight is 208 g/mol. The first-order valence-electron chi connectivity index (χ1n) is 5.44. The van der Waals surface area contributed by atoms with Crippen LogP contribution in [0.25, 0.3) is 0 Å². The minimum Gasteiger partial charge on any atom is -0.369 e. The van der Waals surface area contributed by atoms with Crippen molar-refractivity contribution in [1.29, 1.82) is 0 Å². The van der Waals surface area contributed by atoms with E-state index in [1.165, 1.54) is 6.07 Å². The van der Waals surface area contributed by atoms with E-state index in [0.717, 1.165) is 37.2 Å². The van der Waals surface area contributed by atoms with Gasteiger partial charge >= 0.3 is 0 Å². The third-order valence-corrected chi connectivity index (χ3v) is 3.04. The van der Waals surface area contributed by atoms with Gasteiger partial charge in [0.15, 0.2) is 0 Å². The van der Waals surface area contributed by atoms with Crippen molar-refractivity contribution >= 4 is 5.69 Å². The molecule has 1 aromatic carbocycles. The van der Waals surface area contributed by atoms with E-state index in [2.05, 4.69) is 4.90 Å². The van der Waals surface area contributed by atoms with Gasteiger partial charge in [-0.2, -0.15) is 0 Å². The lowest BCUT2D eigenvalue weighted by Crippen LogP contribution is -2.40. The van der Waals surface area contributed by atoms with Crippen LogP contribution in [0, 0.1) is 12.7 Å². The van der Waals surface area contributed by atoms with E-state index in [4.69, 9.17) is 5.73 Å². The minimum absolute atomic E-state index is 0.120. The van der Waals surface area contributed by atoms with Crippen molar-refractivity contribution in [2.24, 2.45) is 5.73 Å². The average Bonchev–Trinajstić information content (AvgIpc) is 2.20. The van der Waals surface area contributed by atoms with Crippen LogP contribution in [0.5, 0.6) is 0 Å². The van der Waals surface area contributed by atoms with E-state index >= 15 is 0 Å². The Morgan fingerprint density at radius 1 is 1.33 bits per heavy atom. The number of hydrogen-bond donors (Lipinski definition) is 1. The van der Waals surface area contributed by atoms with Gasteiger partial charge in [-0.05, 0) is 31.4 Å². The molecule has 2 nitrogen and oxygen atoms in total. The molecule has 1 heterocycles. The summed E-state index contributed by atoms with van der Waals surface area (Å²) in [6.45, 7) is 3.68. The number of para-hydroxylation sites is 1. The summed E-state index contributed by atoms with van der Waals surface area (Å²) >= 11 is 0. The highest BCUT2D eigenvalue weighted by molar-refractivity contribution is 5.54. The molecule has 82 valence electrons. The number of anilines is 1. The predicted molar refractivity (Wildman–Crippen MR) is 60.6 cm³/mol. The van der Waals surface area contributed by atoms with Crippen molar-refractivity contribution < 1.29 is 4.39 Å². The number of benzene rings is 1. The maximum Gasteiger partial charge on any atom is 0.146 e. The molecule has 3 heteroatoms. The second-order valence-corrected chi connectivity index (χ2v) is 4.23. The number of nitrogens with two attached hydrogens (primary N) is 1. The van der Waals surface area contributed by atoms with Gasteiger partial charge in [0, 0.05) is 19.1 Å². The maximum atomic E-state index is 13.7. The van der Waals surface area contributed by atoms with Crippen LogP contribution in [0.15, 0.2) is 18.2 Å². The zero-order valence-electron chi connectivity index (χ0n) is 9.04. The number of nitrogens with zero attached hydrogens (tertiary/aromatic N) is 1. The van der Waals surface area contributed by atoms with Crippen LogP contribution < -0.4 is 10.6 Å². The number of hydrogen-bond acceptors (Lipinski definition) is 2. The van der Waals surface area contributed by atoms with Gasteiger partial charge in [-0.3, -0.25) is 0 Å². The number of aryl methyl sites for hydroxylation is 1. The summed E-state index contributed by atoms with van der Waals surface area (Å²) in [6.07, 6.45) is 1.90. The molecular weight excluding hydrogens is 191 g/mol. The van der Waals surface area contributed by atoms with Gasteiger partial charge in [-0.1, -0.05) is 12.1 Å². The minimum atomic E-state index is -0.120. The van der Waals surface area contributed by atoms with Crippen molar-refractivity contribution in [2.75, 3.05) is 18.0 Å². The Hall–Kier alpha value is -1.09. The van der Waals surface area contributed by atoms with Gasteiger partial charge in [-0.15, -0.1) is 0 Å². The fourth-order valence-electron chi connectivity index (χ4n) is 2.15. The molecule has 0 aromatic heterocycles. The van der Waals surface area contributed by atoms with E-state index in [0.29, 0.717) is 0 Å². The summed E-state index contributed by atoms with van der Waals surface area (Å²) in [5.74, 6) is -0.120. The highest BCUT2D eigenvalue weighted by Gasteiger charge is 2.19. The Balaban J connectivity index is 2.22. The molecule has 0 atom stereocenters. The molecule has 2 N–H and O–H groups in total. The van der Waals surface area contributed by atoms with E-state index in [1.54, 1.807) is 6.07 Å². The Labute approximate surface area is 89.9 Å². The second kappa shape index (κ2) is 4.19. The Kier molecular flexibility index (Phi) is 2.91. The van der Waals surface area contributed by atoms with Gasteiger partial charge in [-0.25, -0.2) is 4.39 Å². The van der Waals surface area contributed by atoms with Crippen molar-refractivity contribution in [1.82, 2.24) is 0 Å². The molecule has 1 fully saturated rings. The Morgan fingerprint density at radius 3 is 2.60 bits per heavy atom. The summed E-state index contributed by atoms with van der Waals surface area (Å²) in [7, 11) is 0. The van der Waals surface area contributed by atoms with E-state index in [9.17, 15) is 4.39 Å². The fourth-order valence-corrected chi connectivity index (χ4v) is 2.15. The third-order valence-electron chi connectivity index (χ3n) is 3.04. The normalized spacial score (nSPS) is 18.2. The molecule has 1 aromatic rings. The summed E-state index contributed by atoms with van der Waals surface area (Å²) in [5, 5.41) is 0. The number of rotatable bonds is 1. The Bertz CT molecular complexity index is 323. The largest absolute Gasteiger partial charge is 0.369 e. The molecule has 0 aliphatic carbocycles. The molecule has 2 rings (SSSR count). The molecule has 15 heavy (non-hydrogen) atoms. The first-order chi connectivity index (χ1) is 7.18. The SMILES string of the molecule is Cc1cccc(F)c1N1CCC(N)CC1. The first kappa shape index (κ1) is 10.4. The highest BCUT2D eigenvalue weighted by Crippen LogP contribution is 2.26.